The molecule has 2 aliphatic heterocycles. The molecule has 16 heavy (non-hydrogen) atoms. The Morgan fingerprint density at radius 3 is 1.00 bits per heavy atom. The predicted octanol–water partition coefficient (Wildman–Crippen LogP) is 3.73. The van der Waals surface area contributed by atoms with Crippen LogP contribution in [0.5, 0.6) is 0 Å². The van der Waals surface area contributed by atoms with Crippen LogP contribution < -0.4 is 0 Å². The number of thioether (sulfide) groups is 4. The maximum absolute atomic E-state index is 4.94. The molecule has 0 N–H and O–H groups in total. The molecule has 98 valence electrons. The van der Waals surface area contributed by atoms with Gasteiger partial charge >= 0.3 is 42.1 Å². The Balaban J connectivity index is 0.000000217. The second kappa shape index (κ2) is 13.1. The number of rotatable bonds is 0. The molecule has 0 atom stereocenters. The van der Waals surface area contributed by atoms with Gasteiger partial charge in [-0.15, -0.1) is 0 Å². The fraction of sp³-hybridized carbons (Fsp3) is 0.667. The SMILES string of the molecule is [Cl][Rh]([Cl])[Cl].[SH+]=C1SCCS1.[SH+]=C1SCCS1. The Morgan fingerprint density at radius 2 is 0.938 bits per heavy atom. The van der Waals surface area contributed by atoms with E-state index < -0.39 is 13.0 Å². The molecule has 2 rings (SSSR count). The molecule has 0 amide bonds. The minimum Gasteiger partial charge on any atom is -0.0571 e. The Hall–Kier alpha value is 3.07. The third-order valence-electron chi connectivity index (χ3n) is 1.07. The zero-order valence-corrected chi connectivity index (χ0v) is 16.8. The van der Waals surface area contributed by atoms with E-state index in [0.29, 0.717) is 0 Å². The van der Waals surface area contributed by atoms with Gasteiger partial charge in [-0.1, -0.05) is 47.0 Å². The van der Waals surface area contributed by atoms with E-state index in [1.165, 1.54) is 30.1 Å². The van der Waals surface area contributed by atoms with E-state index >= 15 is 0 Å². The van der Waals surface area contributed by atoms with Crippen molar-refractivity contribution in [2.24, 2.45) is 0 Å². The van der Waals surface area contributed by atoms with Crippen LogP contribution in [0, 0.1) is 0 Å². The van der Waals surface area contributed by atoms with Crippen LogP contribution in [-0.2, 0) is 37.4 Å². The first-order chi connectivity index (χ1) is 7.52. The molecule has 2 fully saturated rings. The van der Waals surface area contributed by atoms with Gasteiger partial charge in [-0.2, -0.15) is 0 Å². The van der Waals surface area contributed by atoms with E-state index in [9.17, 15) is 0 Å². The van der Waals surface area contributed by atoms with Crippen LogP contribution in [0.4, 0.5) is 0 Å². The van der Waals surface area contributed by atoms with E-state index in [1.807, 2.05) is 47.0 Å². The van der Waals surface area contributed by atoms with Crippen LogP contribution in [-0.4, -0.2) is 30.1 Å². The van der Waals surface area contributed by atoms with Crippen molar-refractivity contribution in [1.82, 2.24) is 0 Å². The van der Waals surface area contributed by atoms with Gasteiger partial charge < -0.3 is 0 Å². The molecule has 0 nitrogen and oxygen atoms in total. The summed E-state index contributed by atoms with van der Waals surface area (Å²) in [4.78, 5) is 0. The third-order valence-corrected chi connectivity index (χ3v) is 7.17. The minimum absolute atomic E-state index is 1.23. The monoisotopic (exact) mass is 482 g/mol. The van der Waals surface area contributed by atoms with Gasteiger partial charge in [0.1, 0.15) is 0 Å². The number of thiol groups is 2. The third kappa shape index (κ3) is 15.1. The maximum Gasteiger partial charge on any atom is 0.289 e. The van der Waals surface area contributed by atoms with Gasteiger partial charge in [0.05, 0.1) is 0 Å². The van der Waals surface area contributed by atoms with Gasteiger partial charge in [0.15, 0.2) is 24.4 Å². The normalized spacial score (nSPS) is 19.6. The molecule has 0 aromatic rings. The summed E-state index contributed by atoms with van der Waals surface area (Å²) >= 11 is 14.0. The molecule has 2 saturated heterocycles. The second-order valence-corrected chi connectivity index (χ2v) is 16.6. The van der Waals surface area contributed by atoms with Gasteiger partial charge in [-0.25, -0.2) is 0 Å². The summed E-state index contributed by atoms with van der Waals surface area (Å²) < 4.78 is 2.46. The van der Waals surface area contributed by atoms with Gasteiger partial charge in [-0.05, 0) is 0 Å². The molecule has 0 aromatic heterocycles. The van der Waals surface area contributed by atoms with Crippen molar-refractivity contribution in [1.29, 1.82) is 0 Å². The van der Waals surface area contributed by atoms with Crippen molar-refractivity contribution in [3.05, 3.63) is 0 Å². The zero-order valence-electron chi connectivity index (χ0n) is 7.82. The Bertz CT molecular complexity index is 188. The molecule has 2 aliphatic rings. The van der Waals surface area contributed by atoms with Crippen LogP contribution in [0.15, 0.2) is 0 Å². The first-order valence-electron chi connectivity index (χ1n) is 3.80. The molecule has 0 bridgehead atoms. The molecule has 0 aliphatic carbocycles. The Kier molecular flexibility index (Phi) is 15.6. The van der Waals surface area contributed by atoms with Gasteiger partial charge in [0.25, 0.3) is 7.06 Å². The predicted molar refractivity (Wildman–Crippen MR) is 94.9 cm³/mol. The van der Waals surface area contributed by atoms with Crippen molar-refractivity contribution in [3.8, 4) is 0 Å². The van der Waals surface area contributed by atoms with Crippen molar-refractivity contribution in [2.75, 3.05) is 23.0 Å². The topological polar surface area (TPSA) is 0 Å². The summed E-state index contributed by atoms with van der Waals surface area (Å²) in [6.07, 6.45) is 0. The van der Waals surface area contributed by atoms with Gasteiger partial charge in [-0.3, -0.25) is 0 Å². The fourth-order valence-corrected chi connectivity index (χ4v) is 5.39. The van der Waals surface area contributed by atoms with Crippen molar-refractivity contribution in [3.63, 3.8) is 0 Å². The molecule has 0 aromatic carbocycles. The zero-order chi connectivity index (χ0) is 12.4. The molecule has 2 heterocycles. The van der Waals surface area contributed by atoms with Crippen LogP contribution >= 0.6 is 76.1 Å². The summed E-state index contributed by atoms with van der Waals surface area (Å²) in [5, 5.41) is 0. The maximum atomic E-state index is 4.94. The van der Waals surface area contributed by atoms with Gasteiger partial charge in [0, 0.05) is 23.0 Å². The molecular formula is C6H10Cl3RhS6+2. The standard InChI is InChI=1S/2C3H4S3.3ClH.Rh/c2*4-3-5-1-2-6-3;;;;/h2*1-2H2;3*1H;/q;;;;;+3/p-1. The fourth-order valence-electron chi connectivity index (χ4n) is 0.599. The van der Waals surface area contributed by atoms with Crippen LogP contribution in [0.25, 0.3) is 0 Å². The molecule has 0 saturated carbocycles. The quantitative estimate of drug-likeness (QED) is 0.223. The summed E-state index contributed by atoms with van der Waals surface area (Å²) in [6.45, 7) is 0. The number of hydrogen-bond acceptors (Lipinski definition) is 4. The second-order valence-electron chi connectivity index (χ2n) is 2.07. The van der Waals surface area contributed by atoms with E-state index in [2.05, 4.69) is 24.4 Å². The van der Waals surface area contributed by atoms with E-state index in [4.69, 9.17) is 29.1 Å². The van der Waals surface area contributed by atoms with Crippen molar-refractivity contribution in [2.45, 2.75) is 0 Å². The summed E-state index contributed by atoms with van der Waals surface area (Å²) in [5.74, 6) is 5.01. The van der Waals surface area contributed by atoms with Crippen molar-refractivity contribution < 1.29 is 13.0 Å². The largest absolute Gasteiger partial charge is 0.289 e. The summed E-state index contributed by atoms with van der Waals surface area (Å²) in [6, 6.07) is 0. The first-order valence-corrected chi connectivity index (χ1v) is 15.0. The number of halogens is 3. The average molecular weight is 484 g/mol. The smallest absolute Gasteiger partial charge is 0.0571 e. The Morgan fingerprint density at radius 1 is 0.750 bits per heavy atom. The first kappa shape index (κ1) is 19.1. The summed E-state index contributed by atoms with van der Waals surface area (Å²) in [5.41, 5.74) is 0. The van der Waals surface area contributed by atoms with Crippen LogP contribution in [0.2, 0.25) is 0 Å². The van der Waals surface area contributed by atoms with Crippen molar-refractivity contribution >= 4 is 108 Å². The molecule has 0 radical (unpaired) electrons. The van der Waals surface area contributed by atoms with E-state index in [-0.39, 0.29) is 0 Å². The minimum atomic E-state index is -1.66. The van der Waals surface area contributed by atoms with E-state index in [1.54, 1.807) is 0 Å². The van der Waals surface area contributed by atoms with Gasteiger partial charge in [0.2, 0.25) is 0 Å². The molecule has 10 heteroatoms. The number of hydrogen-bond donors (Lipinski definition) is 0. The average Bonchev–Trinajstić information content (AvgIpc) is 2.78. The van der Waals surface area contributed by atoms with Crippen LogP contribution in [0.3, 0.4) is 0 Å². The molecule has 0 spiro atoms. The van der Waals surface area contributed by atoms with Crippen LogP contribution in [0.1, 0.15) is 0 Å². The van der Waals surface area contributed by atoms with E-state index in [0.717, 1.165) is 0 Å². The summed E-state index contributed by atoms with van der Waals surface area (Å²) in [7, 11) is 14.8. The molecule has 0 unspecified atom stereocenters. The Labute approximate surface area is 141 Å². The molecular weight excluding hydrogens is 474 g/mol.